The summed E-state index contributed by atoms with van der Waals surface area (Å²) in [5.41, 5.74) is 6.57. The van der Waals surface area contributed by atoms with Gasteiger partial charge < -0.3 is 16.0 Å². The third kappa shape index (κ3) is 3.76. The minimum Gasteiger partial charge on any atom is -0.364 e. The number of piperidine rings is 1. The average Bonchev–Trinajstić information content (AvgIpc) is 3.23. The Balaban J connectivity index is 1.33. The molecule has 32 heavy (non-hydrogen) atoms. The van der Waals surface area contributed by atoms with E-state index in [2.05, 4.69) is 24.3 Å². The molecular formula is C24H31N5O3. The maximum absolute atomic E-state index is 13.4. The standard InChI is InChI=1S/C24H31N5O3/c1-24(2)9-5-6-15(12-24)26-23(32)19-11-14-10-18(14)29(19)20(30)13-28-17-8-4-3-7-16(17)21(27-28)22(25)31/h3-4,7-8,14-15,18-19H,5-6,9-13H2,1-2H3,(H2,25,31)(H,26,32)/t14-,15?,18-,19+/m1/s1. The molecule has 1 aliphatic heterocycles. The SMILES string of the molecule is CC1(C)CCCC(NC(=O)[C@@H]2C[C@H]3C[C@H]3N2C(=O)Cn2nc(C(N)=O)c3ccccc32)C1. The van der Waals surface area contributed by atoms with Crippen molar-refractivity contribution in [3.63, 3.8) is 0 Å². The first kappa shape index (κ1) is 21.0. The van der Waals surface area contributed by atoms with Crippen LogP contribution in [0, 0.1) is 11.3 Å². The molecule has 2 aromatic rings. The summed E-state index contributed by atoms with van der Waals surface area (Å²) in [6.07, 6.45) is 5.95. The van der Waals surface area contributed by atoms with Crippen LogP contribution in [0.25, 0.3) is 10.9 Å². The van der Waals surface area contributed by atoms with Crippen LogP contribution in [-0.2, 0) is 16.1 Å². The minimum atomic E-state index is -0.622. The molecule has 4 atom stereocenters. The second-order valence-electron chi connectivity index (χ2n) is 10.5. The van der Waals surface area contributed by atoms with Crippen LogP contribution >= 0.6 is 0 Å². The fourth-order valence-corrected chi connectivity index (χ4v) is 5.81. The lowest BCUT2D eigenvalue weighted by atomic mass is 9.75. The maximum Gasteiger partial charge on any atom is 0.269 e. The van der Waals surface area contributed by atoms with E-state index in [-0.39, 0.29) is 41.6 Å². The molecular weight excluding hydrogens is 406 g/mol. The molecule has 1 unspecified atom stereocenters. The van der Waals surface area contributed by atoms with Crippen molar-refractivity contribution in [3.05, 3.63) is 30.0 Å². The number of amides is 3. The molecule has 8 heteroatoms. The molecule has 5 rings (SSSR count). The molecule has 170 valence electrons. The van der Waals surface area contributed by atoms with Crippen LogP contribution < -0.4 is 11.1 Å². The highest BCUT2D eigenvalue weighted by Gasteiger charge is 2.56. The van der Waals surface area contributed by atoms with Crippen LogP contribution in [0.5, 0.6) is 0 Å². The van der Waals surface area contributed by atoms with Crippen molar-refractivity contribution in [1.82, 2.24) is 20.0 Å². The Hall–Kier alpha value is -2.90. The van der Waals surface area contributed by atoms with Crippen molar-refractivity contribution < 1.29 is 14.4 Å². The van der Waals surface area contributed by atoms with Crippen molar-refractivity contribution in [2.75, 3.05) is 0 Å². The van der Waals surface area contributed by atoms with E-state index in [9.17, 15) is 14.4 Å². The normalized spacial score (nSPS) is 28.4. The Morgan fingerprint density at radius 1 is 1.22 bits per heavy atom. The number of nitrogens with two attached hydrogens (primary N) is 1. The van der Waals surface area contributed by atoms with Gasteiger partial charge in [-0.3, -0.25) is 19.1 Å². The van der Waals surface area contributed by atoms with Crippen molar-refractivity contribution in [2.24, 2.45) is 17.1 Å². The van der Waals surface area contributed by atoms with Gasteiger partial charge in [-0.2, -0.15) is 5.10 Å². The summed E-state index contributed by atoms with van der Waals surface area (Å²) in [5.74, 6) is -0.378. The highest BCUT2D eigenvalue weighted by molar-refractivity contribution is 6.04. The van der Waals surface area contributed by atoms with Gasteiger partial charge in [0.15, 0.2) is 5.69 Å². The Kier molecular flexibility index (Phi) is 4.98. The number of primary amides is 1. The van der Waals surface area contributed by atoms with Crippen molar-refractivity contribution in [2.45, 2.75) is 77.0 Å². The summed E-state index contributed by atoms with van der Waals surface area (Å²) in [6, 6.07) is 7.13. The zero-order valence-electron chi connectivity index (χ0n) is 18.7. The summed E-state index contributed by atoms with van der Waals surface area (Å²) in [5, 5.41) is 8.18. The van der Waals surface area contributed by atoms with Gasteiger partial charge in [-0.15, -0.1) is 0 Å². The largest absolute Gasteiger partial charge is 0.364 e. The van der Waals surface area contributed by atoms with Crippen molar-refractivity contribution >= 4 is 28.6 Å². The van der Waals surface area contributed by atoms with E-state index in [1.165, 1.54) is 11.1 Å². The Morgan fingerprint density at radius 2 is 2.00 bits per heavy atom. The monoisotopic (exact) mass is 437 g/mol. The molecule has 8 nitrogen and oxygen atoms in total. The molecule has 3 amide bonds. The summed E-state index contributed by atoms with van der Waals surface area (Å²) >= 11 is 0. The number of benzene rings is 1. The Morgan fingerprint density at radius 3 is 2.75 bits per heavy atom. The molecule has 2 heterocycles. The van der Waals surface area contributed by atoms with E-state index < -0.39 is 11.9 Å². The minimum absolute atomic E-state index is 0.0166. The number of carbonyl (C=O) groups is 3. The van der Waals surface area contributed by atoms with Gasteiger partial charge >= 0.3 is 0 Å². The lowest BCUT2D eigenvalue weighted by molar-refractivity contribution is -0.140. The molecule has 3 fully saturated rings. The molecule has 1 aromatic carbocycles. The zero-order chi connectivity index (χ0) is 22.6. The summed E-state index contributed by atoms with van der Waals surface area (Å²) in [6.45, 7) is 4.48. The molecule has 2 aliphatic carbocycles. The van der Waals surface area contributed by atoms with Gasteiger partial charge in [0.1, 0.15) is 12.6 Å². The first-order valence-corrected chi connectivity index (χ1v) is 11.6. The molecule has 0 radical (unpaired) electrons. The first-order valence-electron chi connectivity index (χ1n) is 11.6. The van der Waals surface area contributed by atoms with Gasteiger partial charge in [-0.05, 0) is 49.5 Å². The predicted octanol–water partition coefficient (Wildman–Crippen LogP) is 2.21. The fraction of sp³-hybridized carbons (Fsp3) is 0.583. The molecule has 1 aromatic heterocycles. The smallest absolute Gasteiger partial charge is 0.269 e. The van der Waals surface area contributed by atoms with Crippen LogP contribution in [0.3, 0.4) is 0 Å². The number of rotatable bonds is 5. The van der Waals surface area contributed by atoms with E-state index >= 15 is 0 Å². The van der Waals surface area contributed by atoms with E-state index in [1.54, 1.807) is 11.0 Å². The number of nitrogens with one attached hydrogen (secondary N) is 1. The third-order valence-corrected chi connectivity index (χ3v) is 7.42. The van der Waals surface area contributed by atoms with E-state index in [4.69, 9.17) is 5.73 Å². The molecule has 2 saturated carbocycles. The number of carbonyl (C=O) groups excluding carboxylic acids is 3. The van der Waals surface area contributed by atoms with Gasteiger partial charge in [-0.25, -0.2) is 0 Å². The number of hydrogen-bond acceptors (Lipinski definition) is 4. The lowest BCUT2D eigenvalue weighted by Gasteiger charge is -2.36. The zero-order valence-corrected chi connectivity index (χ0v) is 18.7. The van der Waals surface area contributed by atoms with Gasteiger partial charge in [-0.1, -0.05) is 38.5 Å². The molecule has 3 aliphatic rings. The maximum atomic E-state index is 13.4. The van der Waals surface area contributed by atoms with Gasteiger partial charge in [0.05, 0.1) is 5.52 Å². The Labute approximate surface area is 187 Å². The molecule has 3 N–H and O–H groups in total. The number of para-hydroxylation sites is 1. The van der Waals surface area contributed by atoms with Crippen molar-refractivity contribution in [1.29, 1.82) is 0 Å². The second kappa shape index (κ2) is 7.60. The van der Waals surface area contributed by atoms with Crippen LogP contribution in [-0.4, -0.2) is 50.5 Å². The number of fused-ring (bicyclic) bond motifs is 2. The number of likely N-dealkylation sites (tertiary alicyclic amines) is 1. The first-order chi connectivity index (χ1) is 15.2. The van der Waals surface area contributed by atoms with Crippen LogP contribution in [0.2, 0.25) is 0 Å². The quantitative estimate of drug-likeness (QED) is 0.747. The number of hydrogen-bond donors (Lipinski definition) is 2. The topological polar surface area (TPSA) is 110 Å². The predicted molar refractivity (Wildman–Crippen MR) is 120 cm³/mol. The summed E-state index contributed by atoms with van der Waals surface area (Å²) in [7, 11) is 0. The highest BCUT2D eigenvalue weighted by Crippen LogP contribution is 2.48. The van der Waals surface area contributed by atoms with Crippen LogP contribution in [0.15, 0.2) is 24.3 Å². The van der Waals surface area contributed by atoms with Gasteiger partial charge in [0, 0.05) is 17.5 Å². The Bertz CT molecular complexity index is 1090. The van der Waals surface area contributed by atoms with Gasteiger partial charge in [0.2, 0.25) is 11.8 Å². The molecule has 1 saturated heterocycles. The molecule has 0 bridgehead atoms. The van der Waals surface area contributed by atoms with Crippen molar-refractivity contribution in [3.8, 4) is 0 Å². The average molecular weight is 438 g/mol. The highest BCUT2D eigenvalue weighted by atomic mass is 16.2. The summed E-state index contributed by atoms with van der Waals surface area (Å²) < 4.78 is 1.53. The second-order valence-corrected chi connectivity index (χ2v) is 10.5. The molecule has 0 spiro atoms. The number of aromatic nitrogens is 2. The van der Waals surface area contributed by atoms with E-state index in [0.717, 1.165) is 32.1 Å². The number of nitrogens with zero attached hydrogens (tertiary/aromatic N) is 3. The van der Waals surface area contributed by atoms with Crippen LogP contribution in [0.1, 0.15) is 62.9 Å². The van der Waals surface area contributed by atoms with E-state index in [0.29, 0.717) is 16.8 Å². The van der Waals surface area contributed by atoms with E-state index in [1.807, 2.05) is 18.2 Å². The lowest BCUT2D eigenvalue weighted by Crippen LogP contribution is -2.52. The fourth-order valence-electron chi connectivity index (χ4n) is 5.81. The summed E-state index contributed by atoms with van der Waals surface area (Å²) in [4.78, 5) is 40.1. The van der Waals surface area contributed by atoms with Gasteiger partial charge in [0.25, 0.3) is 5.91 Å². The van der Waals surface area contributed by atoms with Crippen LogP contribution in [0.4, 0.5) is 0 Å². The third-order valence-electron chi connectivity index (χ3n) is 7.42.